The molecule has 0 saturated carbocycles. The van der Waals surface area contributed by atoms with Crippen molar-refractivity contribution in [3.05, 3.63) is 39.7 Å². The van der Waals surface area contributed by atoms with Crippen molar-refractivity contribution >= 4 is 21.7 Å². The minimum Gasteiger partial charge on any atom is -0.370 e. The van der Waals surface area contributed by atoms with Crippen LogP contribution in [0.5, 0.6) is 0 Å². The number of aromatic nitrogens is 2. The minimum absolute atomic E-state index is 0.288. The third kappa shape index (κ3) is 2.54. The number of rotatable bonds is 3. The van der Waals surface area contributed by atoms with Gasteiger partial charge < -0.3 is 5.32 Å². The summed E-state index contributed by atoms with van der Waals surface area (Å²) in [6.07, 6.45) is 3.10. The lowest BCUT2D eigenvalue weighted by Crippen LogP contribution is -2.06. The molecule has 1 aromatic carbocycles. The zero-order valence-electron chi connectivity index (χ0n) is 11.2. The maximum atomic E-state index is 13.5. The maximum Gasteiger partial charge on any atom is 0.161 e. The van der Waals surface area contributed by atoms with Crippen molar-refractivity contribution in [2.75, 3.05) is 11.9 Å². The van der Waals surface area contributed by atoms with E-state index in [0.29, 0.717) is 15.9 Å². The Morgan fingerprint density at radius 1 is 1.25 bits per heavy atom. The number of halogens is 2. The fourth-order valence-corrected chi connectivity index (χ4v) is 3.02. The molecule has 0 fully saturated rings. The van der Waals surface area contributed by atoms with Crippen molar-refractivity contribution in [1.82, 2.24) is 9.97 Å². The van der Waals surface area contributed by atoms with Crippen molar-refractivity contribution in [3.8, 4) is 11.4 Å². The number of fused-ring (bicyclic) bond motifs is 1. The van der Waals surface area contributed by atoms with E-state index in [2.05, 4.69) is 31.2 Å². The van der Waals surface area contributed by atoms with E-state index in [9.17, 15) is 4.39 Å². The smallest absolute Gasteiger partial charge is 0.161 e. The third-order valence-corrected chi connectivity index (χ3v) is 3.86. The first kappa shape index (κ1) is 13.5. The van der Waals surface area contributed by atoms with Crippen molar-refractivity contribution < 1.29 is 4.39 Å². The van der Waals surface area contributed by atoms with E-state index in [1.807, 2.05) is 13.0 Å². The number of benzene rings is 1. The summed E-state index contributed by atoms with van der Waals surface area (Å²) in [6.45, 7) is 2.86. The molecule has 104 valence electrons. The Morgan fingerprint density at radius 3 is 2.85 bits per heavy atom. The van der Waals surface area contributed by atoms with Crippen molar-refractivity contribution in [2.24, 2.45) is 0 Å². The second-order valence-corrected chi connectivity index (χ2v) is 5.78. The number of hydrogen-bond acceptors (Lipinski definition) is 3. The van der Waals surface area contributed by atoms with Gasteiger partial charge in [-0.3, -0.25) is 0 Å². The number of anilines is 1. The summed E-state index contributed by atoms with van der Waals surface area (Å²) < 4.78 is 14.2. The van der Waals surface area contributed by atoms with Crippen LogP contribution in [0, 0.1) is 5.82 Å². The number of nitrogens with zero attached hydrogens (tertiary/aromatic N) is 2. The highest BCUT2D eigenvalue weighted by molar-refractivity contribution is 9.10. The summed E-state index contributed by atoms with van der Waals surface area (Å²) in [6, 6.07) is 4.74. The molecule has 0 radical (unpaired) electrons. The summed E-state index contributed by atoms with van der Waals surface area (Å²) in [5, 5.41) is 3.29. The van der Waals surface area contributed by atoms with Gasteiger partial charge in [0.2, 0.25) is 0 Å². The molecule has 0 unspecified atom stereocenters. The highest BCUT2D eigenvalue weighted by Crippen LogP contribution is 2.30. The fourth-order valence-electron chi connectivity index (χ4n) is 2.56. The zero-order chi connectivity index (χ0) is 14.1. The minimum atomic E-state index is -0.288. The average Bonchev–Trinajstić information content (AvgIpc) is 2.86. The van der Waals surface area contributed by atoms with Gasteiger partial charge in [0.05, 0.1) is 0 Å². The van der Waals surface area contributed by atoms with Crippen LogP contribution >= 0.6 is 15.9 Å². The SMILES string of the molecule is CCNc1nc(-c2cc(F)cc(Br)c2)nc2c1CCC2. The van der Waals surface area contributed by atoms with E-state index < -0.39 is 0 Å². The molecule has 2 aromatic rings. The molecule has 0 atom stereocenters. The Labute approximate surface area is 125 Å². The number of nitrogens with one attached hydrogen (secondary N) is 1. The molecule has 0 saturated heterocycles. The van der Waals surface area contributed by atoms with Gasteiger partial charge in [-0.2, -0.15) is 0 Å². The zero-order valence-corrected chi connectivity index (χ0v) is 12.8. The van der Waals surface area contributed by atoms with Crippen LogP contribution in [-0.2, 0) is 12.8 Å². The van der Waals surface area contributed by atoms with Crippen LogP contribution in [0.3, 0.4) is 0 Å². The van der Waals surface area contributed by atoms with Gasteiger partial charge in [0, 0.05) is 27.8 Å². The molecular weight excluding hydrogens is 321 g/mol. The monoisotopic (exact) mass is 335 g/mol. The van der Waals surface area contributed by atoms with Crippen molar-refractivity contribution in [3.63, 3.8) is 0 Å². The summed E-state index contributed by atoms with van der Waals surface area (Å²) in [5.74, 6) is 1.19. The van der Waals surface area contributed by atoms with Crippen LogP contribution in [0.15, 0.2) is 22.7 Å². The molecule has 0 aliphatic heterocycles. The molecule has 0 spiro atoms. The Balaban J connectivity index is 2.12. The molecule has 1 heterocycles. The van der Waals surface area contributed by atoms with Gasteiger partial charge in [-0.1, -0.05) is 15.9 Å². The molecule has 1 N–H and O–H groups in total. The second kappa shape index (κ2) is 5.48. The normalized spacial score (nSPS) is 13.3. The Bertz CT molecular complexity index is 638. The van der Waals surface area contributed by atoms with E-state index >= 15 is 0 Å². The van der Waals surface area contributed by atoms with Crippen molar-refractivity contribution in [2.45, 2.75) is 26.2 Å². The summed E-state index contributed by atoms with van der Waals surface area (Å²) in [5.41, 5.74) is 3.00. The van der Waals surface area contributed by atoms with Crippen LogP contribution < -0.4 is 5.32 Å². The van der Waals surface area contributed by atoms with Crippen LogP contribution in [0.25, 0.3) is 11.4 Å². The quantitative estimate of drug-likeness (QED) is 0.922. The summed E-state index contributed by atoms with van der Waals surface area (Å²) in [4.78, 5) is 9.19. The molecule has 0 bridgehead atoms. The number of aryl methyl sites for hydroxylation is 1. The predicted octanol–water partition coefficient (Wildman–Crippen LogP) is 3.97. The lowest BCUT2D eigenvalue weighted by Gasteiger charge is -2.11. The average molecular weight is 336 g/mol. The van der Waals surface area contributed by atoms with Gasteiger partial charge in [0.1, 0.15) is 11.6 Å². The Hall–Kier alpha value is -1.49. The molecule has 1 aliphatic carbocycles. The first-order valence-electron chi connectivity index (χ1n) is 6.77. The second-order valence-electron chi connectivity index (χ2n) is 4.86. The van der Waals surface area contributed by atoms with Crippen LogP contribution in [0.1, 0.15) is 24.6 Å². The molecule has 3 nitrogen and oxygen atoms in total. The van der Waals surface area contributed by atoms with Crippen LogP contribution in [0.4, 0.5) is 10.2 Å². The van der Waals surface area contributed by atoms with Crippen LogP contribution in [-0.4, -0.2) is 16.5 Å². The Morgan fingerprint density at radius 2 is 2.10 bits per heavy atom. The van der Waals surface area contributed by atoms with E-state index in [-0.39, 0.29) is 5.82 Å². The highest BCUT2D eigenvalue weighted by atomic mass is 79.9. The predicted molar refractivity (Wildman–Crippen MR) is 81.3 cm³/mol. The van der Waals surface area contributed by atoms with Crippen molar-refractivity contribution in [1.29, 1.82) is 0 Å². The van der Waals surface area contributed by atoms with E-state index in [1.54, 1.807) is 0 Å². The third-order valence-electron chi connectivity index (χ3n) is 3.40. The van der Waals surface area contributed by atoms with Gasteiger partial charge in [-0.05, 0) is 44.4 Å². The van der Waals surface area contributed by atoms with Gasteiger partial charge in [-0.15, -0.1) is 0 Å². The topological polar surface area (TPSA) is 37.8 Å². The molecule has 0 amide bonds. The summed E-state index contributed by atoms with van der Waals surface area (Å²) >= 11 is 3.31. The van der Waals surface area contributed by atoms with E-state index in [4.69, 9.17) is 0 Å². The summed E-state index contributed by atoms with van der Waals surface area (Å²) in [7, 11) is 0. The number of hydrogen-bond donors (Lipinski definition) is 1. The highest BCUT2D eigenvalue weighted by Gasteiger charge is 2.19. The van der Waals surface area contributed by atoms with Gasteiger partial charge in [-0.25, -0.2) is 14.4 Å². The lowest BCUT2D eigenvalue weighted by molar-refractivity contribution is 0.627. The molecule has 3 rings (SSSR count). The molecule has 5 heteroatoms. The first-order valence-corrected chi connectivity index (χ1v) is 7.57. The standard InChI is InChI=1S/C15H15BrFN3/c1-2-18-15-12-4-3-5-13(12)19-14(20-15)9-6-10(16)8-11(17)7-9/h6-8H,2-5H2,1H3,(H,18,19,20). The van der Waals surface area contributed by atoms with Gasteiger partial charge >= 0.3 is 0 Å². The molecule has 1 aromatic heterocycles. The fraction of sp³-hybridized carbons (Fsp3) is 0.333. The maximum absolute atomic E-state index is 13.5. The van der Waals surface area contributed by atoms with E-state index in [1.165, 1.54) is 17.7 Å². The van der Waals surface area contributed by atoms with Gasteiger partial charge in [0.25, 0.3) is 0 Å². The first-order chi connectivity index (χ1) is 9.67. The van der Waals surface area contributed by atoms with Gasteiger partial charge in [0.15, 0.2) is 5.82 Å². The van der Waals surface area contributed by atoms with E-state index in [0.717, 1.165) is 37.3 Å². The largest absolute Gasteiger partial charge is 0.370 e. The molecular formula is C15H15BrFN3. The van der Waals surface area contributed by atoms with Crippen LogP contribution in [0.2, 0.25) is 0 Å². The molecule has 1 aliphatic rings. The Kier molecular flexibility index (Phi) is 3.70. The molecule has 20 heavy (non-hydrogen) atoms. The lowest BCUT2D eigenvalue weighted by atomic mass is 10.2.